The van der Waals surface area contributed by atoms with E-state index in [1.54, 1.807) is 6.20 Å². The quantitative estimate of drug-likeness (QED) is 0.795. The molecule has 0 fully saturated rings. The van der Waals surface area contributed by atoms with Crippen molar-refractivity contribution in [3.63, 3.8) is 0 Å². The molecular weight excluding hydrogens is 208 g/mol. The first-order valence-electron chi connectivity index (χ1n) is 5.61. The van der Waals surface area contributed by atoms with Crippen molar-refractivity contribution in [2.75, 3.05) is 19.0 Å². The van der Waals surface area contributed by atoms with Crippen LogP contribution < -0.4 is 4.90 Å². The summed E-state index contributed by atoms with van der Waals surface area (Å²) in [6.07, 6.45) is 7.79. The fourth-order valence-electron chi connectivity index (χ4n) is 1.55. The number of pyridine rings is 1. The van der Waals surface area contributed by atoms with Gasteiger partial charge in [0.15, 0.2) is 0 Å². The predicted molar refractivity (Wildman–Crippen MR) is 73.9 cm³/mol. The van der Waals surface area contributed by atoms with E-state index in [2.05, 4.69) is 46.3 Å². The van der Waals surface area contributed by atoms with Crippen molar-refractivity contribution in [3.8, 4) is 0 Å². The third-order valence-corrected chi connectivity index (χ3v) is 2.56. The van der Waals surface area contributed by atoms with E-state index in [9.17, 15) is 0 Å². The molecule has 0 spiro atoms. The molecule has 0 bridgehead atoms. The summed E-state index contributed by atoms with van der Waals surface area (Å²) >= 11 is 0. The summed E-state index contributed by atoms with van der Waals surface area (Å²) in [7, 11) is 4.08. The molecule has 0 radical (unpaired) electrons. The first kappa shape index (κ1) is 11.4. The molecular formula is C15H16N2. The number of rotatable bonds is 3. The minimum atomic E-state index is 1.11. The number of hydrogen-bond donors (Lipinski definition) is 0. The Morgan fingerprint density at radius 3 is 2.24 bits per heavy atom. The smallest absolute Gasteiger partial charge is 0.0361 e. The highest BCUT2D eigenvalue weighted by molar-refractivity contribution is 5.70. The minimum absolute atomic E-state index is 1.11. The fourth-order valence-corrected chi connectivity index (χ4v) is 1.55. The van der Waals surface area contributed by atoms with Crippen LogP contribution in [0.2, 0.25) is 0 Å². The van der Waals surface area contributed by atoms with Gasteiger partial charge in [-0.25, -0.2) is 0 Å². The van der Waals surface area contributed by atoms with Crippen LogP contribution in [0.4, 0.5) is 5.69 Å². The molecule has 0 unspecified atom stereocenters. The molecule has 0 aliphatic heterocycles. The molecule has 0 saturated heterocycles. The topological polar surface area (TPSA) is 16.1 Å². The molecule has 2 heteroatoms. The van der Waals surface area contributed by atoms with Gasteiger partial charge in [0.2, 0.25) is 0 Å². The third kappa shape index (κ3) is 3.18. The molecule has 1 aromatic heterocycles. The molecule has 0 aliphatic carbocycles. The summed E-state index contributed by atoms with van der Waals surface area (Å²) < 4.78 is 0. The van der Waals surface area contributed by atoms with Gasteiger partial charge in [-0.1, -0.05) is 30.4 Å². The largest absolute Gasteiger partial charge is 0.378 e. The van der Waals surface area contributed by atoms with Crippen molar-refractivity contribution in [2.24, 2.45) is 0 Å². The van der Waals surface area contributed by atoms with Gasteiger partial charge in [0.1, 0.15) is 0 Å². The van der Waals surface area contributed by atoms with E-state index in [0.29, 0.717) is 0 Å². The van der Waals surface area contributed by atoms with Crippen LogP contribution in [0.25, 0.3) is 12.2 Å². The van der Waals surface area contributed by atoms with Crippen LogP contribution in [-0.4, -0.2) is 19.1 Å². The summed E-state index contributed by atoms with van der Waals surface area (Å²) in [5.41, 5.74) is 3.52. The van der Waals surface area contributed by atoms with E-state index in [1.165, 1.54) is 11.3 Å². The van der Waals surface area contributed by atoms with Crippen LogP contribution in [0.3, 0.4) is 0 Å². The lowest BCUT2D eigenvalue weighted by Gasteiger charge is -2.11. The molecule has 1 heterocycles. The number of nitrogens with zero attached hydrogens (tertiary/aromatic N) is 2. The monoisotopic (exact) mass is 224 g/mol. The van der Waals surface area contributed by atoms with Crippen molar-refractivity contribution in [3.05, 3.63) is 59.9 Å². The normalized spacial score (nSPS) is 10.7. The van der Waals surface area contributed by atoms with Crippen molar-refractivity contribution in [1.82, 2.24) is 4.98 Å². The Balaban J connectivity index is 2.12. The first-order valence-corrected chi connectivity index (χ1v) is 5.61. The van der Waals surface area contributed by atoms with Gasteiger partial charge in [-0.2, -0.15) is 0 Å². The zero-order valence-electron chi connectivity index (χ0n) is 10.2. The lowest BCUT2D eigenvalue weighted by Crippen LogP contribution is -2.07. The zero-order valence-corrected chi connectivity index (χ0v) is 10.2. The maximum atomic E-state index is 4.08. The van der Waals surface area contributed by atoms with E-state index in [4.69, 9.17) is 0 Å². The van der Waals surface area contributed by atoms with Crippen molar-refractivity contribution >= 4 is 17.8 Å². The van der Waals surface area contributed by atoms with Gasteiger partial charge in [0.05, 0.1) is 0 Å². The fraction of sp³-hybridized carbons (Fsp3) is 0.133. The van der Waals surface area contributed by atoms with Crippen molar-refractivity contribution in [2.45, 2.75) is 0 Å². The van der Waals surface area contributed by atoms with Crippen LogP contribution in [0, 0.1) is 0 Å². The maximum Gasteiger partial charge on any atom is 0.0361 e. The average Bonchev–Trinajstić information content (AvgIpc) is 2.38. The molecule has 0 aliphatic rings. The van der Waals surface area contributed by atoms with Gasteiger partial charge in [-0.3, -0.25) is 4.98 Å². The molecule has 2 nitrogen and oxygen atoms in total. The summed E-state index contributed by atoms with van der Waals surface area (Å²) in [5.74, 6) is 0. The standard InChI is InChI=1S/C15H16N2/c1-17(2)15-9-7-13(8-10-15)5-6-14-4-3-11-16-12-14/h3-12H,1-2H3/b6-5+. The average molecular weight is 224 g/mol. The summed E-state index contributed by atoms with van der Waals surface area (Å²) in [5, 5.41) is 0. The van der Waals surface area contributed by atoms with Gasteiger partial charge >= 0.3 is 0 Å². The highest BCUT2D eigenvalue weighted by atomic mass is 15.1. The van der Waals surface area contributed by atoms with Crippen LogP contribution in [-0.2, 0) is 0 Å². The van der Waals surface area contributed by atoms with Crippen LogP contribution >= 0.6 is 0 Å². The van der Waals surface area contributed by atoms with Crippen LogP contribution in [0.15, 0.2) is 48.8 Å². The SMILES string of the molecule is CN(C)c1ccc(/C=C/c2cccnc2)cc1. The van der Waals surface area contributed by atoms with Crippen LogP contribution in [0.1, 0.15) is 11.1 Å². The van der Waals surface area contributed by atoms with E-state index in [-0.39, 0.29) is 0 Å². The number of hydrogen-bond acceptors (Lipinski definition) is 2. The van der Waals surface area contributed by atoms with Gasteiger partial charge in [-0.15, -0.1) is 0 Å². The Morgan fingerprint density at radius 1 is 0.941 bits per heavy atom. The molecule has 0 saturated carbocycles. The number of anilines is 1. The Hall–Kier alpha value is -2.09. The summed E-state index contributed by atoms with van der Waals surface area (Å²) in [4.78, 5) is 6.17. The zero-order chi connectivity index (χ0) is 12.1. The molecule has 86 valence electrons. The van der Waals surface area contributed by atoms with Crippen molar-refractivity contribution in [1.29, 1.82) is 0 Å². The van der Waals surface area contributed by atoms with Gasteiger partial charge < -0.3 is 4.90 Å². The Bertz CT molecular complexity index is 484. The van der Waals surface area contributed by atoms with Crippen molar-refractivity contribution < 1.29 is 0 Å². The van der Waals surface area contributed by atoms with Gasteiger partial charge in [0.25, 0.3) is 0 Å². The molecule has 1 aromatic carbocycles. The maximum absolute atomic E-state index is 4.08. The van der Waals surface area contributed by atoms with Gasteiger partial charge in [-0.05, 0) is 29.3 Å². The van der Waals surface area contributed by atoms with E-state index < -0.39 is 0 Å². The molecule has 17 heavy (non-hydrogen) atoms. The lowest BCUT2D eigenvalue weighted by atomic mass is 10.1. The second-order valence-electron chi connectivity index (χ2n) is 4.11. The number of benzene rings is 1. The predicted octanol–water partition coefficient (Wildman–Crippen LogP) is 3.32. The Kier molecular flexibility index (Phi) is 3.55. The summed E-state index contributed by atoms with van der Waals surface area (Å²) in [6.45, 7) is 0. The van der Waals surface area contributed by atoms with E-state index in [1.807, 2.05) is 32.4 Å². The molecule has 2 rings (SSSR count). The Labute approximate surface area is 102 Å². The number of aromatic nitrogens is 1. The van der Waals surface area contributed by atoms with E-state index >= 15 is 0 Å². The molecule has 2 aromatic rings. The highest BCUT2D eigenvalue weighted by Crippen LogP contribution is 2.14. The lowest BCUT2D eigenvalue weighted by molar-refractivity contribution is 1.13. The molecule has 0 N–H and O–H groups in total. The van der Waals surface area contributed by atoms with E-state index in [0.717, 1.165) is 5.56 Å². The van der Waals surface area contributed by atoms with Crippen LogP contribution in [0.5, 0.6) is 0 Å². The second kappa shape index (κ2) is 5.30. The third-order valence-electron chi connectivity index (χ3n) is 2.56. The minimum Gasteiger partial charge on any atom is -0.378 e. The first-order chi connectivity index (χ1) is 8.25. The molecule has 0 amide bonds. The summed E-state index contributed by atoms with van der Waals surface area (Å²) in [6, 6.07) is 12.4. The van der Waals surface area contributed by atoms with Gasteiger partial charge in [0, 0.05) is 32.2 Å². The second-order valence-corrected chi connectivity index (χ2v) is 4.11. The highest BCUT2D eigenvalue weighted by Gasteiger charge is 1.93. The molecule has 0 atom stereocenters. The Morgan fingerprint density at radius 2 is 1.65 bits per heavy atom.